The molecule has 3 atom stereocenters. The molecule has 0 unspecified atom stereocenters. The summed E-state index contributed by atoms with van der Waals surface area (Å²) in [6.45, 7) is -0.0387. The summed E-state index contributed by atoms with van der Waals surface area (Å²) in [5.41, 5.74) is -2.52. The molecular weight excluding hydrogens is 444 g/mol. The van der Waals surface area contributed by atoms with E-state index in [1.807, 2.05) is 0 Å². The van der Waals surface area contributed by atoms with E-state index in [0.717, 1.165) is 23.1 Å². The lowest BCUT2D eigenvalue weighted by atomic mass is 10.0. The van der Waals surface area contributed by atoms with Gasteiger partial charge in [0.15, 0.2) is 0 Å². The standard InChI is InChI=1S/C20H27F2N5O4S/c1-11-15(3-4-16(11)28)27-18-12(9-14(17(21)22)19(27)29)10-23-20(25-18)24-13-5-7-26(8-6-13)32(2,30)31/h9-11,13,15-17,28H,3-8H2,1-2H3,(H,23,24,25)/t11-,15-,16-/m0/s1/i5D2,6D2,13D,17D. The van der Waals surface area contributed by atoms with E-state index < -0.39 is 83.4 Å². The fraction of sp³-hybridized carbons (Fsp3) is 0.650. The van der Waals surface area contributed by atoms with Gasteiger partial charge in [-0.25, -0.2) is 26.5 Å². The number of alkyl halides is 2. The molecule has 0 amide bonds. The van der Waals surface area contributed by atoms with E-state index >= 15 is 0 Å². The molecule has 1 saturated carbocycles. The van der Waals surface area contributed by atoms with Crippen LogP contribution in [0.2, 0.25) is 0 Å². The van der Waals surface area contributed by atoms with E-state index in [1.165, 1.54) is 0 Å². The molecule has 0 spiro atoms. The fourth-order valence-electron chi connectivity index (χ4n) is 4.00. The van der Waals surface area contributed by atoms with E-state index in [1.54, 1.807) is 6.92 Å². The molecule has 32 heavy (non-hydrogen) atoms. The molecule has 2 aromatic heterocycles. The van der Waals surface area contributed by atoms with Gasteiger partial charge in [-0.3, -0.25) is 9.36 Å². The van der Waals surface area contributed by atoms with Crippen LogP contribution in [0.25, 0.3) is 11.0 Å². The molecule has 0 aromatic carbocycles. The lowest BCUT2D eigenvalue weighted by molar-refractivity contribution is 0.127. The summed E-state index contributed by atoms with van der Waals surface area (Å²) in [7, 11) is -3.99. The maximum absolute atomic E-state index is 14.0. The highest BCUT2D eigenvalue weighted by Crippen LogP contribution is 2.37. The molecule has 1 aliphatic heterocycles. The van der Waals surface area contributed by atoms with Crippen molar-refractivity contribution in [2.75, 3.05) is 24.7 Å². The number of nitrogens with one attached hydrogen (secondary N) is 1. The maximum Gasteiger partial charge on any atom is 0.269 e. The third-order valence-electron chi connectivity index (χ3n) is 5.85. The van der Waals surface area contributed by atoms with Gasteiger partial charge in [0, 0.05) is 48.1 Å². The van der Waals surface area contributed by atoms with Crippen molar-refractivity contribution in [2.24, 2.45) is 5.92 Å². The van der Waals surface area contributed by atoms with Crippen molar-refractivity contribution in [1.82, 2.24) is 18.8 Å². The first-order valence-electron chi connectivity index (χ1n) is 12.9. The van der Waals surface area contributed by atoms with Crippen molar-refractivity contribution in [3.05, 3.63) is 28.2 Å². The SMILES string of the molecule is [2H]C(F)(F)c1cc2cnc(NC3([2H])C([2H])([2H])CN(S(C)(=O)=O)CC3([2H])[2H])nc2n([C@H]2CC[C@H](O)[C@H]2C)c1=O. The average molecular weight is 478 g/mol. The molecule has 9 nitrogen and oxygen atoms in total. The molecule has 1 saturated heterocycles. The highest BCUT2D eigenvalue weighted by molar-refractivity contribution is 7.88. The summed E-state index contributed by atoms with van der Waals surface area (Å²) >= 11 is 0. The number of aromatic nitrogens is 3. The van der Waals surface area contributed by atoms with Crippen molar-refractivity contribution >= 4 is 27.0 Å². The molecule has 0 radical (unpaired) electrons. The minimum absolute atomic E-state index is 0.0670. The zero-order chi connectivity index (χ0) is 28.6. The third-order valence-corrected chi connectivity index (χ3v) is 7.05. The summed E-state index contributed by atoms with van der Waals surface area (Å²) in [6, 6.07) is -2.81. The summed E-state index contributed by atoms with van der Waals surface area (Å²) in [5, 5.41) is 12.5. The molecule has 2 aromatic rings. The number of piperidine rings is 1. The van der Waals surface area contributed by atoms with Gasteiger partial charge in [0.05, 0.1) is 19.3 Å². The van der Waals surface area contributed by atoms with E-state index in [9.17, 15) is 27.1 Å². The molecule has 1 aliphatic carbocycles. The van der Waals surface area contributed by atoms with Gasteiger partial charge < -0.3 is 10.4 Å². The van der Waals surface area contributed by atoms with Crippen molar-refractivity contribution < 1.29 is 30.5 Å². The highest BCUT2D eigenvalue weighted by Gasteiger charge is 2.35. The Morgan fingerprint density at radius 1 is 1.38 bits per heavy atom. The first-order valence-corrected chi connectivity index (χ1v) is 11.8. The molecule has 2 fully saturated rings. The van der Waals surface area contributed by atoms with E-state index in [0.29, 0.717) is 4.31 Å². The molecule has 2 aliphatic rings. The van der Waals surface area contributed by atoms with Crippen LogP contribution >= 0.6 is 0 Å². The number of halogens is 2. The Bertz CT molecular complexity index is 1420. The van der Waals surface area contributed by atoms with Crippen molar-refractivity contribution in [1.29, 1.82) is 0 Å². The monoisotopic (exact) mass is 477 g/mol. The molecule has 3 heterocycles. The number of aliphatic hydroxyl groups excluding tert-OH is 1. The van der Waals surface area contributed by atoms with Crippen LogP contribution < -0.4 is 10.9 Å². The van der Waals surface area contributed by atoms with Gasteiger partial charge in [0.2, 0.25) is 16.0 Å². The van der Waals surface area contributed by atoms with Crippen LogP contribution in [0.1, 0.15) is 58.7 Å². The number of hydrogen-bond acceptors (Lipinski definition) is 7. The molecule has 176 valence electrons. The lowest BCUT2D eigenvalue weighted by Crippen LogP contribution is -2.42. The number of aliphatic hydroxyl groups is 1. The Labute approximate surface area is 193 Å². The maximum atomic E-state index is 14.0. The largest absolute Gasteiger partial charge is 0.393 e. The minimum atomic E-state index is -4.24. The first-order chi connectivity index (χ1) is 17.2. The van der Waals surface area contributed by atoms with E-state index in [-0.39, 0.29) is 23.9 Å². The van der Waals surface area contributed by atoms with Crippen LogP contribution in [0.4, 0.5) is 14.7 Å². The minimum Gasteiger partial charge on any atom is -0.393 e. The number of fused-ring (bicyclic) bond motifs is 1. The van der Waals surface area contributed by atoms with Crippen molar-refractivity contribution in [3.63, 3.8) is 0 Å². The molecule has 4 rings (SSSR count). The number of hydrogen-bond donors (Lipinski definition) is 2. The fourth-order valence-corrected chi connectivity index (χ4v) is 4.60. The summed E-state index contributed by atoms with van der Waals surface area (Å²) in [4.78, 5) is 21.2. The number of pyridine rings is 1. The van der Waals surface area contributed by atoms with Crippen LogP contribution in [0.3, 0.4) is 0 Å². The normalized spacial score (nSPS) is 32.8. The molecule has 0 bridgehead atoms. The first kappa shape index (κ1) is 16.4. The topological polar surface area (TPSA) is 117 Å². The van der Waals surface area contributed by atoms with Gasteiger partial charge in [-0.05, 0) is 31.7 Å². The molecule has 2 N–H and O–H groups in total. The van der Waals surface area contributed by atoms with Gasteiger partial charge in [-0.15, -0.1) is 0 Å². The van der Waals surface area contributed by atoms with Crippen LogP contribution in [0.5, 0.6) is 0 Å². The second-order valence-corrected chi connectivity index (χ2v) is 9.90. The average Bonchev–Trinajstić information content (AvgIpc) is 3.08. The quantitative estimate of drug-likeness (QED) is 0.675. The zero-order valence-electron chi connectivity index (χ0n) is 23.3. The Kier molecular flexibility index (Phi) is 4.44. The number of anilines is 1. The summed E-state index contributed by atoms with van der Waals surface area (Å²) < 4.78 is 103. The second-order valence-electron chi connectivity index (χ2n) is 7.92. The predicted octanol–water partition coefficient (Wildman–Crippen LogP) is 1.90. The Morgan fingerprint density at radius 3 is 2.62 bits per heavy atom. The number of rotatable bonds is 5. The van der Waals surface area contributed by atoms with Crippen molar-refractivity contribution in [2.45, 2.75) is 57.1 Å². The van der Waals surface area contributed by atoms with Gasteiger partial charge in [0.1, 0.15) is 7.02 Å². The highest BCUT2D eigenvalue weighted by atomic mass is 32.2. The van der Waals surface area contributed by atoms with Gasteiger partial charge >= 0.3 is 0 Å². The smallest absolute Gasteiger partial charge is 0.269 e. The summed E-state index contributed by atoms with van der Waals surface area (Å²) in [5.74, 6) is -1.04. The van der Waals surface area contributed by atoms with Gasteiger partial charge in [-0.1, -0.05) is 6.92 Å². The van der Waals surface area contributed by atoms with Crippen LogP contribution in [0, 0.1) is 5.92 Å². The van der Waals surface area contributed by atoms with Gasteiger partial charge in [0.25, 0.3) is 12.0 Å². The van der Waals surface area contributed by atoms with Crippen LogP contribution in [-0.4, -0.2) is 63.8 Å². The summed E-state index contributed by atoms with van der Waals surface area (Å²) in [6.07, 6.45) is -8.31. The Balaban J connectivity index is 1.86. The zero-order valence-corrected chi connectivity index (χ0v) is 18.2. The van der Waals surface area contributed by atoms with Crippen molar-refractivity contribution in [3.8, 4) is 0 Å². The Hall–Kier alpha value is -2.18. The second kappa shape index (κ2) is 8.64. The molecule has 12 heteroatoms. The van der Waals surface area contributed by atoms with E-state index in [4.69, 9.17) is 8.22 Å². The van der Waals surface area contributed by atoms with E-state index in [2.05, 4.69) is 15.3 Å². The predicted molar refractivity (Wildman–Crippen MR) is 115 cm³/mol. The van der Waals surface area contributed by atoms with Crippen LogP contribution in [-0.2, 0) is 10.0 Å². The number of nitrogens with zero attached hydrogens (tertiary/aromatic N) is 4. The van der Waals surface area contributed by atoms with Gasteiger partial charge in [-0.2, -0.15) is 4.98 Å². The van der Waals surface area contributed by atoms with Crippen LogP contribution in [0.15, 0.2) is 17.1 Å². The number of sulfonamides is 1. The Morgan fingerprint density at radius 2 is 2.06 bits per heavy atom. The lowest BCUT2D eigenvalue weighted by Gasteiger charge is -2.30. The third kappa shape index (κ3) is 4.35. The molecular formula is C20H27F2N5O4S.